The molecule has 120 valence electrons. The number of halogens is 1. The van der Waals surface area contributed by atoms with Crippen molar-refractivity contribution in [2.45, 2.75) is 40.2 Å². The van der Waals surface area contributed by atoms with Gasteiger partial charge < -0.3 is 5.32 Å². The van der Waals surface area contributed by atoms with Gasteiger partial charge in [-0.15, -0.1) is 0 Å². The van der Waals surface area contributed by atoms with Crippen LogP contribution in [0.5, 0.6) is 0 Å². The number of hydrogen-bond donors (Lipinski definition) is 1. The number of benzene rings is 1. The molecular weight excluding hydrogens is 291 g/mol. The van der Waals surface area contributed by atoms with E-state index >= 15 is 0 Å². The first kappa shape index (κ1) is 15.5. The van der Waals surface area contributed by atoms with E-state index in [1.54, 1.807) is 12.1 Å². The lowest BCUT2D eigenvalue weighted by Gasteiger charge is -2.14. The summed E-state index contributed by atoms with van der Waals surface area (Å²) in [6.45, 7) is 8.20. The highest BCUT2D eigenvalue weighted by molar-refractivity contribution is 5.80. The van der Waals surface area contributed by atoms with Gasteiger partial charge in [0.05, 0.1) is 5.69 Å². The molecule has 0 spiro atoms. The maximum absolute atomic E-state index is 13.2. The molecule has 0 saturated heterocycles. The van der Waals surface area contributed by atoms with Crippen LogP contribution in [0.2, 0.25) is 0 Å². The van der Waals surface area contributed by atoms with Gasteiger partial charge in [-0.25, -0.2) is 9.37 Å². The molecule has 1 atom stereocenters. The molecular formula is C18H21FN4. The molecule has 0 radical (unpaired) electrons. The van der Waals surface area contributed by atoms with Gasteiger partial charge in [0.2, 0.25) is 0 Å². The van der Waals surface area contributed by atoms with Gasteiger partial charge >= 0.3 is 0 Å². The van der Waals surface area contributed by atoms with Gasteiger partial charge in [0.1, 0.15) is 11.6 Å². The molecule has 0 aliphatic heterocycles. The minimum atomic E-state index is -0.244. The van der Waals surface area contributed by atoms with Gasteiger partial charge in [-0.1, -0.05) is 19.1 Å². The maximum Gasteiger partial charge on any atom is 0.165 e. The van der Waals surface area contributed by atoms with Crippen molar-refractivity contribution >= 4 is 11.5 Å². The molecule has 0 aliphatic rings. The molecule has 3 rings (SSSR count). The monoisotopic (exact) mass is 312 g/mol. The summed E-state index contributed by atoms with van der Waals surface area (Å²) in [5, 5.41) is 8.12. The SMILES string of the molecule is CCC(C)Nc1cc(C)nc2c(-c3ccc(F)cc3)c(C)nn12. The molecule has 2 heterocycles. The molecule has 23 heavy (non-hydrogen) atoms. The molecule has 0 fully saturated rings. The van der Waals surface area contributed by atoms with E-state index in [1.165, 1.54) is 12.1 Å². The quantitative estimate of drug-likeness (QED) is 0.778. The Hall–Kier alpha value is -2.43. The zero-order valence-corrected chi connectivity index (χ0v) is 13.9. The number of aromatic nitrogens is 3. The number of aryl methyl sites for hydroxylation is 2. The second-order valence-corrected chi connectivity index (χ2v) is 5.94. The van der Waals surface area contributed by atoms with Crippen molar-refractivity contribution in [2.24, 2.45) is 0 Å². The van der Waals surface area contributed by atoms with Crippen LogP contribution in [-0.2, 0) is 0 Å². The summed E-state index contributed by atoms with van der Waals surface area (Å²) >= 11 is 0. The predicted octanol–water partition coefficient (Wildman–Crippen LogP) is 4.36. The van der Waals surface area contributed by atoms with Crippen molar-refractivity contribution < 1.29 is 4.39 Å². The fourth-order valence-electron chi connectivity index (χ4n) is 2.66. The second kappa shape index (κ2) is 5.99. The third-order valence-electron chi connectivity index (χ3n) is 4.03. The topological polar surface area (TPSA) is 42.2 Å². The Morgan fingerprint density at radius 2 is 1.91 bits per heavy atom. The zero-order valence-electron chi connectivity index (χ0n) is 13.9. The van der Waals surface area contributed by atoms with Gasteiger partial charge in [-0.2, -0.15) is 9.61 Å². The van der Waals surface area contributed by atoms with E-state index in [0.717, 1.165) is 40.4 Å². The molecule has 5 heteroatoms. The van der Waals surface area contributed by atoms with Gasteiger partial charge in [0.15, 0.2) is 5.65 Å². The molecule has 0 bridgehead atoms. The lowest BCUT2D eigenvalue weighted by molar-refractivity contribution is 0.628. The molecule has 1 N–H and O–H groups in total. The normalized spacial score (nSPS) is 12.6. The molecule has 4 nitrogen and oxygen atoms in total. The Morgan fingerprint density at radius 1 is 1.22 bits per heavy atom. The zero-order chi connectivity index (χ0) is 16.6. The number of rotatable bonds is 4. The summed E-state index contributed by atoms with van der Waals surface area (Å²) in [7, 11) is 0. The molecule has 2 aromatic heterocycles. The van der Waals surface area contributed by atoms with Crippen LogP contribution in [0.4, 0.5) is 10.2 Å². The Kier molecular flexibility index (Phi) is 4.03. The van der Waals surface area contributed by atoms with Crippen molar-refractivity contribution in [1.82, 2.24) is 14.6 Å². The highest BCUT2D eigenvalue weighted by atomic mass is 19.1. The molecule has 0 saturated carbocycles. The van der Waals surface area contributed by atoms with Crippen LogP contribution in [-0.4, -0.2) is 20.6 Å². The van der Waals surface area contributed by atoms with Gasteiger partial charge in [0, 0.05) is 23.4 Å². The number of hydrogen-bond acceptors (Lipinski definition) is 3. The summed E-state index contributed by atoms with van der Waals surface area (Å²) in [4.78, 5) is 4.66. The second-order valence-electron chi connectivity index (χ2n) is 5.94. The van der Waals surface area contributed by atoms with Gasteiger partial charge in [-0.05, 0) is 44.9 Å². The molecule has 0 amide bonds. The average Bonchev–Trinajstić information content (AvgIpc) is 2.84. The first-order valence-electron chi connectivity index (χ1n) is 7.89. The van der Waals surface area contributed by atoms with Crippen LogP contribution in [0.1, 0.15) is 31.7 Å². The summed E-state index contributed by atoms with van der Waals surface area (Å²) in [6, 6.07) is 8.81. The van der Waals surface area contributed by atoms with Crippen molar-refractivity contribution in [3.8, 4) is 11.1 Å². The summed E-state index contributed by atoms with van der Waals surface area (Å²) < 4.78 is 15.0. The van der Waals surface area contributed by atoms with Crippen LogP contribution in [0.3, 0.4) is 0 Å². The maximum atomic E-state index is 13.2. The Bertz CT molecular complexity index is 836. The van der Waals surface area contributed by atoms with Crippen molar-refractivity contribution in [3.63, 3.8) is 0 Å². The Morgan fingerprint density at radius 3 is 2.57 bits per heavy atom. The molecule has 3 aromatic rings. The van der Waals surface area contributed by atoms with E-state index in [-0.39, 0.29) is 5.82 Å². The summed E-state index contributed by atoms with van der Waals surface area (Å²) in [6.07, 6.45) is 1.02. The number of fused-ring (bicyclic) bond motifs is 1. The minimum Gasteiger partial charge on any atom is -0.367 e. The van der Waals surface area contributed by atoms with E-state index < -0.39 is 0 Å². The lowest BCUT2D eigenvalue weighted by Crippen LogP contribution is -2.16. The van der Waals surface area contributed by atoms with E-state index in [2.05, 4.69) is 29.2 Å². The Labute approximate surface area is 135 Å². The fraction of sp³-hybridized carbons (Fsp3) is 0.333. The van der Waals surface area contributed by atoms with E-state index in [0.29, 0.717) is 6.04 Å². The van der Waals surface area contributed by atoms with E-state index in [1.807, 2.05) is 24.4 Å². The number of nitrogens with zero attached hydrogens (tertiary/aromatic N) is 3. The van der Waals surface area contributed by atoms with E-state index in [9.17, 15) is 4.39 Å². The van der Waals surface area contributed by atoms with Crippen LogP contribution >= 0.6 is 0 Å². The third-order valence-corrected chi connectivity index (χ3v) is 4.03. The first-order valence-corrected chi connectivity index (χ1v) is 7.89. The number of anilines is 1. The first-order chi connectivity index (χ1) is 11.0. The van der Waals surface area contributed by atoms with Crippen molar-refractivity contribution in [1.29, 1.82) is 0 Å². The minimum absolute atomic E-state index is 0.244. The smallest absolute Gasteiger partial charge is 0.165 e. The highest BCUT2D eigenvalue weighted by Crippen LogP contribution is 2.29. The third kappa shape index (κ3) is 2.91. The largest absolute Gasteiger partial charge is 0.367 e. The van der Waals surface area contributed by atoms with Crippen LogP contribution in [0, 0.1) is 19.7 Å². The van der Waals surface area contributed by atoms with Gasteiger partial charge in [0.25, 0.3) is 0 Å². The van der Waals surface area contributed by atoms with Crippen molar-refractivity contribution in [2.75, 3.05) is 5.32 Å². The van der Waals surface area contributed by atoms with Crippen molar-refractivity contribution in [3.05, 3.63) is 47.5 Å². The standard InChI is InChI=1S/C18H21FN4/c1-5-11(2)20-16-10-12(3)21-18-17(13(4)22-23(16)18)14-6-8-15(19)9-7-14/h6-11,20H,5H2,1-4H3. The Balaban J connectivity index is 2.20. The van der Waals surface area contributed by atoms with Crippen LogP contribution in [0.15, 0.2) is 30.3 Å². The summed E-state index contributed by atoms with van der Waals surface area (Å²) in [5.74, 6) is 0.685. The molecule has 1 unspecified atom stereocenters. The highest BCUT2D eigenvalue weighted by Gasteiger charge is 2.16. The predicted molar refractivity (Wildman–Crippen MR) is 91.2 cm³/mol. The summed E-state index contributed by atoms with van der Waals surface area (Å²) in [5.41, 5.74) is 4.46. The molecule has 0 aliphatic carbocycles. The van der Waals surface area contributed by atoms with Crippen LogP contribution in [0.25, 0.3) is 16.8 Å². The van der Waals surface area contributed by atoms with E-state index in [4.69, 9.17) is 0 Å². The lowest BCUT2D eigenvalue weighted by atomic mass is 10.1. The fourth-order valence-corrected chi connectivity index (χ4v) is 2.66. The van der Waals surface area contributed by atoms with Gasteiger partial charge in [-0.3, -0.25) is 0 Å². The molecule has 1 aromatic carbocycles. The average molecular weight is 312 g/mol. The van der Waals surface area contributed by atoms with Crippen LogP contribution < -0.4 is 5.32 Å². The number of nitrogens with one attached hydrogen (secondary N) is 1.